The van der Waals surface area contributed by atoms with Crippen molar-refractivity contribution in [3.63, 3.8) is 0 Å². The number of carbonyl (C=O) groups is 1. The van der Waals surface area contributed by atoms with Crippen LogP contribution in [0.15, 0.2) is 53.1 Å². The number of carbonyl (C=O) groups excluding carboxylic acids is 1. The topological polar surface area (TPSA) is 73.3 Å². The Kier molecular flexibility index (Phi) is 3.25. The highest BCUT2D eigenvalue weighted by atomic mass is 16.3. The Bertz CT molecular complexity index is 1110. The highest BCUT2D eigenvalue weighted by Crippen LogP contribution is 2.34. The van der Waals surface area contributed by atoms with Crippen molar-refractivity contribution < 1.29 is 9.21 Å². The number of rotatable bonds is 2. The first kappa shape index (κ1) is 15.0. The maximum atomic E-state index is 12.6. The Balaban J connectivity index is 1.70. The van der Waals surface area contributed by atoms with E-state index in [9.17, 15) is 4.79 Å². The van der Waals surface area contributed by atoms with E-state index in [4.69, 9.17) is 4.42 Å². The Morgan fingerprint density at radius 3 is 2.69 bits per heavy atom. The van der Waals surface area contributed by atoms with Crippen molar-refractivity contribution in [3.05, 3.63) is 71.6 Å². The van der Waals surface area contributed by atoms with Crippen LogP contribution in [0.25, 0.3) is 16.8 Å². The lowest BCUT2D eigenvalue weighted by molar-refractivity contribution is 0.0951. The second-order valence-corrected chi connectivity index (χ2v) is 6.60. The molecule has 26 heavy (non-hydrogen) atoms. The minimum Gasteiger partial charge on any atom is -0.469 e. The third-order valence-corrected chi connectivity index (χ3v) is 4.95. The van der Waals surface area contributed by atoms with Gasteiger partial charge in [0.1, 0.15) is 5.76 Å². The van der Waals surface area contributed by atoms with Crippen LogP contribution < -0.4 is 0 Å². The summed E-state index contributed by atoms with van der Waals surface area (Å²) in [4.78, 5) is 12.6. The highest BCUT2D eigenvalue weighted by molar-refractivity contribution is 5.97. The van der Waals surface area contributed by atoms with Crippen molar-refractivity contribution in [2.75, 3.05) is 0 Å². The molecule has 128 valence electrons. The molecule has 0 radical (unpaired) electrons. The normalized spacial score (nSPS) is 16.8. The molecule has 0 bridgehead atoms. The Morgan fingerprint density at radius 1 is 1.08 bits per heavy atom. The average Bonchev–Trinajstić information content (AvgIpc) is 3.29. The average molecular weight is 344 g/mol. The largest absolute Gasteiger partial charge is 0.469 e. The van der Waals surface area contributed by atoms with E-state index in [1.165, 1.54) is 0 Å². The molecule has 3 aromatic heterocycles. The summed E-state index contributed by atoms with van der Waals surface area (Å²) in [6.07, 6.45) is 2.67. The molecular weight excluding hydrogens is 328 g/mol. The van der Waals surface area contributed by atoms with Gasteiger partial charge in [-0.1, -0.05) is 30.3 Å². The number of furan rings is 1. The van der Waals surface area contributed by atoms with Gasteiger partial charge in [0, 0.05) is 18.8 Å². The predicted molar refractivity (Wildman–Crippen MR) is 95.1 cm³/mol. The van der Waals surface area contributed by atoms with Crippen LogP contribution in [0.4, 0.5) is 0 Å². The van der Waals surface area contributed by atoms with Crippen LogP contribution in [-0.4, -0.2) is 25.6 Å². The van der Waals surface area contributed by atoms with Crippen LogP contribution in [0.3, 0.4) is 0 Å². The van der Waals surface area contributed by atoms with E-state index >= 15 is 0 Å². The van der Waals surface area contributed by atoms with Crippen molar-refractivity contribution >= 4 is 11.4 Å². The molecule has 3 heterocycles. The molecule has 5 rings (SSSR count). The number of ketones is 1. The second kappa shape index (κ2) is 5.62. The fourth-order valence-corrected chi connectivity index (χ4v) is 3.74. The van der Waals surface area contributed by atoms with Crippen molar-refractivity contribution in [1.29, 1.82) is 0 Å². The Morgan fingerprint density at radius 2 is 1.92 bits per heavy atom. The Labute approximate surface area is 149 Å². The first-order valence-corrected chi connectivity index (χ1v) is 8.59. The van der Waals surface area contributed by atoms with Gasteiger partial charge in [-0.2, -0.15) is 5.10 Å². The van der Waals surface area contributed by atoms with E-state index in [1.54, 1.807) is 10.8 Å². The highest BCUT2D eigenvalue weighted by Gasteiger charge is 2.32. The molecule has 1 aliphatic rings. The van der Waals surface area contributed by atoms with Crippen LogP contribution in [0.1, 0.15) is 40.0 Å². The van der Waals surface area contributed by atoms with Gasteiger partial charge in [0.15, 0.2) is 17.1 Å². The fraction of sp³-hybridized carbons (Fsp3) is 0.200. The van der Waals surface area contributed by atoms with E-state index in [1.807, 2.05) is 49.4 Å². The smallest absolute Gasteiger partial charge is 0.185 e. The summed E-state index contributed by atoms with van der Waals surface area (Å²) in [5.41, 5.74) is 4.76. The van der Waals surface area contributed by atoms with Gasteiger partial charge in [-0.3, -0.25) is 4.79 Å². The van der Waals surface area contributed by atoms with E-state index in [-0.39, 0.29) is 11.7 Å². The quantitative estimate of drug-likeness (QED) is 0.555. The number of Topliss-reactive ketones (excluding diaryl/α,β-unsaturated/α-hetero) is 1. The SMILES string of the molecule is Cc1nn2c3c(nnc2c1-c1ccccc1)C(=O)C[C@H](c1ccco1)C3. The lowest BCUT2D eigenvalue weighted by Crippen LogP contribution is -2.24. The molecule has 0 fully saturated rings. The van der Waals surface area contributed by atoms with Gasteiger partial charge in [-0.05, 0) is 24.6 Å². The van der Waals surface area contributed by atoms with Gasteiger partial charge in [-0.25, -0.2) is 4.52 Å². The van der Waals surface area contributed by atoms with Gasteiger partial charge < -0.3 is 4.42 Å². The van der Waals surface area contributed by atoms with Crippen LogP contribution in [0.2, 0.25) is 0 Å². The van der Waals surface area contributed by atoms with Gasteiger partial charge in [0.2, 0.25) is 0 Å². The number of nitrogens with zero attached hydrogens (tertiary/aromatic N) is 4. The van der Waals surface area contributed by atoms with Gasteiger partial charge in [-0.15, -0.1) is 10.2 Å². The molecule has 4 aromatic rings. The zero-order chi connectivity index (χ0) is 17.7. The summed E-state index contributed by atoms with van der Waals surface area (Å²) in [7, 11) is 0. The number of hydrogen-bond donors (Lipinski definition) is 0. The van der Waals surface area contributed by atoms with E-state index < -0.39 is 0 Å². The third-order valence-electron chi connectivity index (χ3n) is 4.95. The lowest BCUT2D eigenvalue weighted by Gasteiger charge is -2.21. The van der Waals surface area contributed by atoms with Crippen LogP contribution in [-0.2, 0) is 6.42 Å². The number of fused-ring (bicyclic) bond motifs is 3. The third kappa shape index (κ3) is 2.19. The zero-order valence-corrected chi connectivity index (χ0v) is 14.2. The Hall–Kier alpha value is -3.28. The van der Waals surface area contributed by atoms with Crippen molar-refractivity contribution in [2.24, 2.45) is 0 Å². The molecule has 1 aromatic carbocycles. The number of aryl methyl sites for hydroxylation is 1. The summed E-state index contributed by atoms with van der Waals surface area (Å²) in [5.74, 6) is 0.805. The number of benzene rings is 1. The molecular formula is C20H16N4O2. The first-order valence-electron chi connectivity index (χ1n) is 8.59. The van der Waals surface area contributed by atoms with Crippen molar-refractivity contribution in [3.8, 4) is 11.1 Å². The summed E-state index contributed by atoms with van der Waals surface area (Å²) < 4.78 is 7.31. The van der Waals surface area contributed by atoms with Crippen molar-refractivity contribution in [2.45, 2.75) is 25.7 Å². The predicted octanol–water partition coefficient (Wildman–Crippen LogP) is 3.61. The van der Waals surface area contributed by atoms with E-state index in [0.29, 0.717) is 24.2 Å². The summed E-state index contributed by atoms with van der Waals surface area (Å²) in [6, 6.07) is 13.8. The second-order valence-electron chi connectivity index (χ2n) is 6.60. The van der Waals surface area contributed by atoms with Crippen molar-refractivity contribution in [1.82, 2.24) is 19.8 Å². The lowest BCUT2D eigenvalue weighted by atomic mass is 9.87. The molecule has 1 aliphatic carbocycles. The monoisotopic (exact) mass is 344 g/mol. The van der Waals surface area contributed by atoms with Crippen LogP contribution >= 0.6 is 0 Å². The molecule has 0 spiro atoms. The molecule has 0 saturated heterocycles. The minimum atomic E-state index is -0.0172. The van der Waals surface area contributed by atoms with E-state index in [0.717, 1.165) is 28.3 Å². The molecule has 0 unspecified atom stereocenters. The molecule has 6 heteroatoms. The maximum Gasteiger partial charge on any atom is 0.185 e. The molecule has 0 amide bonds. The fourth-order valence-electron chi connectivity index (χ4n) is 3.74. The van der Waals surface area contributed by atoms with Gasteiger partial charge in [0.05, 0.1) is 23.2 Å². The van der Waals surface area contributed by atoms with Gasteiger partial charge >= 0.3 is 0 Å². The minimum absolute atomic E-state index is 0.00193. The van der Waals surface area contributed by atoms with Crippen LogP contribution in [0.5, 0.6) is 0 Å². The van der Waals surface area contributed by atoms with E-state index in [2.05, 4.69) is 15.3 Å². The first-order chi connectivity index (χ1) is 12.7. The molecule has 0 N–H and O–H groups in total. The number of hydrogen-bond acceptors (Lipinski definition) is 5. The summed E-state index contributed by atoms with van der Waals surface area (Å²) in [6.45, 7) is 1.96. The summed E-state index contributed by atoms with van der Waals surface area (Å²) >= 11 is 0. The molecule has 6 nitrogen and oxygen atoms in total. The zero-order valence-electron chi connectivity index (χ0n) is 14.2. The standard InChI is InChI=1S/C20H16N4O2/c1-12-18(13-6-3-2-4-7-13)20-22-21-19-15(24(20)23-12)10-14(11-16(19)25)17-8-5-9-26-17/h2-9,14H,10-11H2,1H3/t14-/m1/s1. The number of aromatic nitrogens is 4. The molecule has 0 aliphatic heterocycles. The maximum absolute atomic E-state index is 12.6. The van der Waals surface area contributed by atoms with Gasteiger partial charge in [0.25, 0.3) is 0 Å². The molecule has 1 atom stereocenters. The van der Waals surface area contributed by atoms with Crippen LogP contribution in [0, 0.1) is 6.92 Å². The molecule has 0 saturated carbocycles. The summed E-state index contributed by atoms with van der Waals surface area (Å²) in [5, 5.41) is 13.3.